The summed E-state index contributed by atoms with van der Waals surface area (Å²) in [5.41, 5.74) is 2.61. The average Bonchev–Trinajstić information content (AvgIpc) is 2.88. The van der Waals surface area contributed by atoms with Crippen LogP contribution in [0.3, 0.4) is 0 Å². The van der Waals surface area contributed by atoms with E-state index in [1.165, 1.54) is 11.1 Å². The predicted octanol–water partition coefficient (Wildman–Crippen LogP) is 2.54. The van der Waals surface area contributed by atoms with Gasteiger partial charge in [-0.15, -0.1) is 0 Å². The van der Waals surface area contributed by atoms with Gasteiger partial charge in [-0.1, -0.05) is 60.7 Å². The van der Waals surface area contributed by atoms with E-state index < -0.39 is 0 Å². The summed E-state index contributed by atoms with van der Waals surface area (Å²) in [5.74, 6) is 0.305. The van der Waals surface area contributed by atoms with Crippen molar-refractivity contribution >= 4 is 0 Å². The number of rotatable bonds is 3. The number of hydrogen-bond acceptors (Lipinski definition) is 2. The topological polar surface area (TPSA) is 32.3 Å². The lowest BCUT2D eigenvalue weighted by molar-refractivity contribution is 0.192. The molecule has 2 N–H and O–H groups in total. The minimum absolute atomic E-state index is 0.222. The number of hydrogen-bond donors (Lipinski definition) is 2. The third-order valence-corrected chi connectivity index (χ3v) is 3.86. The summed E-state index contributed by atoms with van der Waals surface area (Å²) in [6, 6.07) is 21.4. The van der Waals surface area contributed by atoms with Gasteiger partial charge in [-0.3, -0.25) is 0 Å². The molecule has 19 heavy (non-hydrogen) atoms. The van der Waals surface area contributed by atoms with Gasteiger partial charge in [-0.25, -0.2) is 0 Å². The summed E-state index contributed by atoms with van der Waals surface area (Å²) in [6.07, 6.45) is 0.592. The van der Waals surface area contributed by atoms with Crippen molar-refractivity contribution in [2.45, 2.75) is 24.5 Å². The molecule has 0 unspecified atom stereocenters. The van der Waals surface area contributed by atoms with Crippen molar-refractivity contribution in [1.29, 1.82) is 0 Å². The minimum Gasteiger partial charge on any atom is -0.392 e. The largest absolute Gasteiger partial charge is 0.392 e. The Labute approximate surface area is 114 Å². The van der Waals surface area contributed by atoms with Gasteiger partial charge in [-0.2, -0.15) is 0 Å². The Morgan fingerprint density at radius 3 is 1.84 bits per heavy atom. The van der Waals surface area contributed by atoms with Crippen molar-refractivity contribution in [2.24, 2.45) is 0 Å². The molecule has 2 atom stereocenters. The monoisotopic (exact) mass is 253 g/mol. The summed E-state index contributed by atoms with van der Waals surface area (Å²) in [7, 11) is 0. The number of β-amino-alcohol motifs (C(OH)–C–C–N with tert-alkyl or cyclic N) is 1. The fourth-order valence-electron chi connectivity index (χ4n) is 2.98. The molecule has 3 rings (SSSR count). The van der Waals surface area contributed by atoms with Crippen LogP contribution in [0.1, 0.15) is 23.5 Å². The molecule has 2 nitrogen and oxygen atoms in total. The van der Waals surface area contributed by atoms with E-state index >= 15 is 0 Å². The Morgan fingerprint density at radius 1 is 0.895 bits per heavy atom. The first kappa shape index (κ1) is 12.4. The second kappa shape index (κ2) is 5.55. The van der Waals surface area contributed by atoms with Gasteiger partial charge in [0, 0.05) is 18.5 Å². The van der Waals surface area contributed by atoms with Gasteiger partial charge >= 0.3 is 0 Å². The lowest BCUT2D eigenvalue weighted by Gasteiger charge is -2.24. The molecule has 1 aliphatic heterocycles. The first-order valence-corrected chi connectivity index (χ1v) is 6.86. The van der Waals surface area contributed by atoms with Crippen molar-refractivity contribution in [2.75, 3.05) is 6.54 Å². The van der Waals surface area contributed by atoms with Crippen LogP contribution in [-0.4, -0.2) is 23.8 Å². The SMILES string of the molecule is O[C@H]1CN[C@@H](C(c2ccccc2)c2ccccc2)C1. The molecule has 1 aliphatic rings. The van der Waals surface area contributed by atoms with Crippen molar-refractivity contribution in [3.63, 3.8) is 0 Å². The Kier molecular flexibility index (Phi) is 3.62. The van der Waals surface area contributed by atoms with Crippen LogP contribution in [-0.2, 0) is 0 Å². The van der Waals surface area contributed by atoms with E-state index in [0.717, 1.165) is 6.42 Å². The Morgan fingerprint density at radius 2 is 1.42 bits per heavy atom. The molecule has 2 aromatic rings. The Bertz CT molecular complexity index is 472. The lowest BCUT2D eigenvalue weighted by atomic mass is 9.84. The molecule has 2 heteroatoms. The van der Waals surface area contributed by atoms with E-state index in [1.807, 2.05) is 12.1 Å². The molecule has 98 valence electrons. The second-order valence-corrected chi connectivity index (χ2v) is 5.20. The lowest BCUT2D eigenvalue weighted by Crippen LogP contribution is -2.29. The zero-order valence-corrected chi connectivity index (χ0v) is 10.9. The fraction of sp³-hybridized carbons (Fsp3) is 0.294. The molecule has 0 amide bonds. The van der Waals surface area contributed by atoms with E-state index in [-0.39, 0.29) is 6.10 Å². The minimum atomic E-state index is -0.222. The number of nitrogens with one attached hydrogen (secondary N) is 1. The smallest absolute Gasteiger partial charge is 0.0679 e. The Hall–Kier alpha value is -1.64. The van der Waals surface area contributed by atoms with Crippen LogP contribution in [0.4, 0.5) is 0 Å². The zero-order valence-electron chi connectivity index (χ0n) is 10.9. The third-order valence-electron chi connectivity index (χ3n) is 3.86. The first-order valence-electron chi connectivity index (χ1n) is 6.86. The molecule has 0 aromatic heterocycles. The van der Waals surface area contributed by atoms with Crippen LogP contribution in [0.5, 0.6) is 0 Å². The molecule has 1 heterocycles. The van der Waals surface area contributed by atoms with Gasteiger partial charge in [0.15, 0.2) is 0 Å². The highest BCUT2D eigenvalue weighted by atomic mass is 16.3. The average molecular weight is 253 g/mol. The molecule has 0 saturated carbocycles. The van der Waals surface area contributed by atoms with Crippen LogP contribution in [0.2, 0.25) is 0 Å². The highest BCUT2D eigenvalue weighted by Gasteiger charge is 2.31. The molecule has 0 radical (unpaired) electrons. The van der Waals surface area contributed by atoms with Crippen molar-refractivity contribution in [3.05, 3.63) is 71.8 Å². The van der Waals surface area contributed by atoms with E-state index in [0.29, 0.717) is 18.5 Å². The summed E-state index contributed by atoms with van der Waals surface area (Å²) in [5, 5.41) is 13.2. The molecule has 2 aromatic carbocycles. The van der Waals surface area contributed by atoms with Crippen LogP contribution in [0, 0.1) is 0 Å². The maximum Gasteiger partial charge on any atom is 0.0679 e. The van der Waals surface area contributed by atoms with Gasteiger partial charge in [0.2, 0.25) is 0 Å². The van der Waals surface area contributed by atoms with E-state index in [2.05, 4.69) is 53.8 Å². The summed E-state index contributed by atoms with van der Waals surface area (Å²) in [6.45, 7) is 0.695. The second-order valence-electron chi connectivity index (χ2n) is 5.20. The van der Waals surface area contributed by atoms with Crippen molar-refractivity contribution in [1.82, 2.24) is 5.32 Å². The number of aliphatic hydroxyl groups excluding tert-OH is 1. The maximum atomic E-state index is 9.78. The molecular formula is C17H19NO. The summed E-state index contributed by atoms with van der Waals surface area (Å²) >= 11 is 0. The maximum absolute atomic E-state index is 9.78. The fourth-order valence-corrected chi connectivity index (χ4v) is 2.98. The highest BCUT2D eigenvalue weighted by molar-refractivity contribution is 5.34. The van der Waals surface area contributed by atoms with Crippen molar-refractivity contribution < 1.29 is 5.11 Å². The van der Waals surface area contributed by atoms with Crippen LogP contribution in [0.25, 0.3) is 0 Å². The van der Waals surface area contributed by atoms with Gasteiger partial charge in [0.05, 0.1) is 6.10 Å². The number of benzene rings is 2. The van der Waals surface area contributed by atoms with Crippen LogP contribution >= 0.6 is 0 Å². The van der Waals surface area contributed by atoms with Gasteiger partial charge in [-0.05, 0) is 17.5 Å². The third kappa shape index (κ3) is 2.70. The molecule has 0 aliphatic carbocycles. The molecular weight excluding hydrogens is 234 g/mol. The first-order chi connectivity index (χ1) is 9.34. The standard InChI is InChI=1S/C17H19NO/c19-15-11-16(18-12-15)17(13-7-3-1-4-8-13)14-9-5-2-6-10-14/h1-10,15-19H,11-12H2/t15-,16-/m1/s1. The highest BCUT2D eigenvalue weighted by Crippen LogP contribution is 2.31. The molecule has 0 bridgehead atoms. The van der Waals surface area contributed by atoms with E-state index in [1.54, 1.807) is 0 Å². The summed E-state index contributed by atoms with van der Waals surface area (Å²) < 4.78 is 0. The number of aliphatic hydroxyl groups is 1. The van der Waals surface area contributed by atoms with Crippen molar-refractivity contribution in [3.8, 4) is 0 Å². The molecule has 1 fully saturated rings. The zero-order chi connectivity index (χ0) is 13.1. The van der Waals surface area contributed by atoms with Gasteiger partial charge in [0.25, 0.3) is 0 Å². The molecule has 0 spiro atoms. The van der Waals surface area contributed by atoms with E-state index in [9.17, 15) is 5.11 Å². The van der Waals surface area contributed by atoms with Crippen LogP contribution < -0.4 is 5.32 Å². The predicted molar refractivity (Wildman–Crippen MR) is 77.1 cm³/mol. The van der Waals surface area contributed by atoms with Gasteiger partial charge < -0.3 is 10.4 Å². The van der Waals surface area contributed by atoms with Crippen LogP contribution in [0.15, 0.2) is 60.7 Å². The quantitative estimate of drug-likeness (QED) is 0.881. The summed E-state index contributed by atoms with van der Waals surface area (Å²) in [4.78, 5) is 0. The van der Waals surface area contributed by atoms with Gasteiger partial charge in [0.1, 0.15) is 0 Å². The normalized spacial score (nSPS) is 22.8. The molecule has 1 saturated heterocycles. The van der Waals surface area contributed by atoms with E-state index in [4.69, 9.17) is 0 Å². The Balaban J connectivity index is 1.97.